The van der Waals surface area contributed by atoms with E-state index in [-0.39, 0.29) is 5.91 Å². The number of hydrogen-bond acceptors (Lipinski definition) is 6. The Morgan fingerprint density at radius 1 is 1.36 bits per heavy atom. The third-order valence-corrected chi connectivity index (χ3v) is 5.48. The van der Waals surface area contributed by atoms with Gasteiger partial charge in [-0.05, 0) is 24.1 Å². The average Bonchev–Trinajstić information content (AvgIpc) is 2.72. The molecule has 2 aliphatic rings. The summed E-state index contributed by atoms with van der Waals surface area (Å²) in [6, 6.07) is 2.94. The summed E-state index contributed by atoms with van der Waals surface area (Å²) < 4.78 is 18.7. The van der Waals surface area contributed by atoms with E-state index < -0.39 is 11.4 Å². The molecule has 1 saturated heterocycles. The maximum atomic E-state index is 13.1. The third kappa shape index (κ3) is 2.84. The zero-order valence-electron chi connectivity index (χ0n) is 16.0. The van der Waals surface area contributed by atoms with Gasteiger partial charge < -0.3 is 14.5 Å². The van der Waals surface area contributed by atoms with Crippen LogP contribution in [0.5, 0.6) is 0 Å². The highest BCUT2D eigenvalue weighted by atomic mass is 19.1. The van der Waals surface area contributed by atoms with Gasteiger partial charge in [0.25, 0.3) is 5.91 Å². The van der Waals surface area contributed by atoms with Gasteiger partial charge in [-0.25, -0.2) is 14.4 Å². The Morgan fingerprint density at radius 2 is 2.18 bits per heavy atom. The van der Waals surface area contributed by atoms with Crippen molar-refractivity contribution in [3.8, 4) is 0 Å². The molecule has 2 aromatic rings. The first kappa shape index (κ1) is 18.5. The Labute approximate surface area is 162 Å². The Hall–Kier alpha value is -2.87. The van der Waals surface area contributed by atoms with E-state index in [9.17, 15) is 9.18 Å². The number of halogens is 1. The van der Waals surface area contributed by atoms with Crippen molar-refractivity contribution in [3.63, 3.8) is 0 Å². The Balaban J connectivity index is 1.68. The number of aromatic nitrogens is 3. The molecule has 1 atom stereocenters. The van der Waals surface area contributed by atoms with Crippen molar-refractivity contribution in [3.05, 3.63) is 48.4 Å². The smallest absolute Gasteiger partial charge is 0.255 e. The first-order valence-electron chi connectivity index (χ1n) is 9.25. The van der Waals surface area contributed by atoms with Crippen molar-refractivity contribution < 1.29 is 13.9 Å². The molecule has 0 saturated carbocycles. The van der Waals surface area contributed by atoms with Crippen LogP contribution in [-0.4, -0.2) is 53.2 Å². The number of carbonyl (C=O) groups is 1. The largest absolute Gasteiger partial charge is 0.377 e. The monoisotopic (exact) mass is 383 g/mol. The Morgan fingerprint density at radius 3 is 2.89 bits per heavy atom. The van der Waals surface area contributed by atoms with Gasteiger partial charge in [-0.1, -0.05) is 13.5 Å². The zero-order valence-corrected chi connectivity index (χ0v) is 16.0. The molecule has 1 fully saturated rings. The SMILES string of the molecule is C=C(Cc1ncc2c(n1)N1CCOCC1(CC)C(=O)N2C)c1ccc(F)cn1. The number of rotatable bonds is 4. The van der Waals surface area contributed by atoms with Crippen LogP contribution in [-0.2, 0) is 16.0 Å². The summed E-state index contributed by atoms with van der Waals surface area (Å²) in [5.41, 5.74) is 1.25. The lowest BCUT2D eigenvalue weighted by Crippen LogP contribution is -2.68. The predicted molar refractivity (Wildman–Crippen MR) is 104 cm³/mol. The molecule has 146 valence electrons. The van der Waals surface area contributed by atoms with E-state index in [1.165, 1.54) is 6.07 Å². The molecule has 4 heterocycles. The number of amides is 1. The highest BCUT2D eigenvalue weighted by Gasteiger charge is 2.51. The first-order chi connectivity index (χ1) is 13.5. The molecular formula is C20H22FN5O2. The molecule has 0 radical (unpaired) electrons. The minimum absolute atomic E-state index is 0.00141. The fourth-order valence-electron chi connectivity index (χ4n) is 3.83. The predicted octanol–water partition coefficient (Wildman–Crippen LogP) is 2.23. The van der Waals surface area contributed by atoms with E-state index in [4.69, 9.17) is 9.72 Å². The van der Waals surface area contributed by atoms with E-state index >= 15 is 0 Å². The number of pyridine rings is 1. The highest BCUT2D eigenvalue weighted by molar-refractivity contribution is 6.07. The van der Waals surface area contributed by atoms with Crippen molar-refractivity contribution in [2.75, 3.05) is 36.6 Å². The molecule has 0 spiro atoms. The molecule has 28 heavy (non-hydrogen) atoms. The second-order valence-electron chi connectivity index (χ2n) is 7.09. The second kappa shape index (κ2) is 6.94. The van der Waals surface area contributed by atoms with Crippen LogP contribution in [0.25, 0.3) is 5.57 Å². The highest BCUT2D eigenvalue weighted by Crippen LogP contribution is 2.41. The van der Waals surface area contributed by atoms with Crippen LogP contribution in [0.15, 0.2) is 31.1 Å². The summed E-state index contributed by atoms with van der Waals surface area (Å²) in [5.74, 6) is 0.919. The van der Waals surface area contributed by atoms with Crippen LogP contribution in [0, 0.1) is 5.82 Å². The molecule has 7 nitrogen and oxygen atoms in total. The topological polar surface area (TPSA) is 71.5 Å². The molecule has 0 aromatic carbocycles. The van der Waals surface area contributed by atoms with Crippen molar-refractivity contribution in [1.29, 1.82) is 0 Å². The van der Waals surface area contributed by atoms with E-state index in [2.05, 4.69) is 21.4 Å². The number of hydrogen-bond donors (Lipinski definition) is 0. The van der Waals surface area contributed by atoms with Crippen LogP contribution in [0.1, 0.15) is 24.9 Å². The number of anilines is 2. The van der Waals surface area contributed by atoms with Crippen LogP contribution in [0.2, 0.25) is 0 Å². The lowest BCUT2D eigenvalue weighted by atomic mass is 9.89. The summed E-state index contributed by atoms with van der Waals surface area (Å²) in [6.45, 7) is 7.51. The van der Waals surface area contributed by atoms with Gasteiger partial charge in [-0.3, -0.25) is 9.78 Å². The number of ether oxygens (including phenoxy) is 1. The Bertz CT molecular complexity index is 933. The quantitative estimate of drug-likeness (QED) is 0.806. The van der Waals surface area contributed by atoms with Crippen LogP contribution >= 0.6 is 0 Å². The van der Waals surface area contributed by atoms with E-state index in [1.807, 2.05) is 6.92 Å². The van der Waals surface area contributed by atoms with Crippen LogP contribution in [0.3, 0.4) is 0 Å². The average molecular weight is 383 g/mol. The normalized spacial score (nSPS) is 21.3. The maximum Gasteiger partial charge on any atom is 0.255 e. The van der Waals surface area contributed by atoms with E-state index in [1.54, 1.807) is 24.2 Å². The Kier molecular flexibility index (Phi) is 4.58. The number of likely N-dealkylation sites (N-methyl/N-ethyl adjacent to an activating group) is 1. The van der Waals surface area contributed by atoms with E-state index in [0.29, 0.717) is 55.4 Å². The van der Waals surface area contributed by atoms with Crippen molar-refractivity contribution in [2.24, 2.45) is 0 Å². The van der Waals surface area contributed by atoms with Gasteiger partial charge in [-0.2, -0.15) is 0 Å². The molecule has 0 aliphatic carbocycles. The number of morpholine rings is 1. The molecule has 1 unspecified atom stereocenters. The lowest BCUT2D eigenvalue weighted by molar-refractivity contribution is -0.128. The fourth-order valence-corrected chi connectivity index (χ4v) is 3.83. The summed E-state index contributed by atoms with van der Waals surface area (Å²) in [4.78, 5) is 30.0. The third-order valence-electron chi connectivity index (χ3n) is 5.48. The van der Waals surface area contributed by atoms with Crippen molar-refractivity contribution in [2.45, 2.75) is 25.3 Å². The molecule has 2 aliphatic heterocycles. The molecule has 0 N–H and O–H groups in total. The molecular weight excluding hydrogens is 361 g/mol. The van der Waals surface area contributed by atoms with Crippen molar-refractivity contribution >= 4 is 23.0 Å². The first-order valence-corrected chi connectivity index (χ1v) is 9.25. The molecule has 4 rings (SSSR count). The number of allylic oxidation sites excluding steroid dienone is 1. The summed E-state index contributed by atoms with van der Waals surface area (Å²) in [6.07, 6.45) is 3.85. The van der Waals surface area contributed by atoms with Gasteiger partial charge in [0.15, 0.2) is 5.82 Å². The number of carbonyl (C=O) groups excluding carboxylic acids is 1. The fraction of sp³-hybridized carbons (Fsp3) is 0.400. The van der Waals surface area contributed by atoms with Gasteiger partial charge in [-0.15, -0.1) is 0 Å². The number of fused-ring (bicyclic) bond motifs is 3. The minimum Gasteiger partial charge on any atom is -0.377 e. The maximum absolute atomic E-state index is 13.1. The van der Waals surface area contributed by atoms with Gasteiger partial charge in [0.05, 0.1) is 31.3 Å². The van der Waals surface area contributed by atoms with Gasteiger partial charge in [0.1, 0.15) is 22.9 Å². The standard InChI is InChI=1S/C20H22FN5O2/c1-4-20-12-28-8-7-26(20)18-16(25(3)19(20)27)11-23-17(24-18)9-13(2)15-6-5-14(21)10-22-15/h5-6,10-11H,2,4,7-9,12H2,1,3H3. The molecule has 8 heteroatoms. The summed E-state index contributed by atoms with van der Waals surface area (Å²) >= 11 is 0. The van der Waals surface area contributed by atoms with Crippen molar-refractivity contribution in [1.82, 2.24) is 15.0 Å². The summed E-state index contributed by atoms with van der Waals surface area (Å²) in [7, 11) is 1.74. The molecule has 1 amide bonds. The molecule has 2 aromatic heterocycles. The van der Waals surface area contributed by atoms with Gasteiger partial charge in [0, 0.05) is 20.0 Å². The van der Waals surface area contributed by atoms with Crippen LogP contribution in [0.4, 0.5) is 15.9 Å². The van der Waals surface area contributed by atoms with E-state index in [0.717, 1.165) is 12.0 Å². The number of nitrogens with zero attached hydrogens (tertiary/aromatic N) is 5. The van der Waals surface area contributed by atoms with Crippen LogP contribution < -0.4 is 9.80 Å². The molecule has 0 bridgehead atoms. The van der Waals surface area contributed by atoms with Gasteiger partial charge in [0.2, 0.25) is 0 Å². The zero-order chi connectivity index (χ0) is 19.9. The van der Waals surface area contributed by atoms with Gasteiger partial charge >= 0.3 is 0 Å². The summed E-state index contributed by atoms with van der Waals surface area (Å²) in [5, 5.41) is 0. The minimum atomic E-state index is -0.735. The second-order valence-corrected chi connectivity index (χ2v) is 7.09. The lowest BCUT2D eigenvalue weighted by Gasteiger charge is -2.51.